The molecule has 3 N–H and O–H groups in total. The van der Waals surface area contributed by atoms with Crippen LogP contribution >= 0.6 is 0 Å². The zero-order valence-electron chi connectivity index (χ0n) is 17.8. The maximum Gasteiger partial charge on any atom is 0.274 e. The maximum absolute atomic E-state index is 12.6. The van der Waals surface area contributed by atoms with Gasteiger partial charge in [0.15, 0.2) is 5.82 Å². The first kappa shape index (κ1) is 23.0. The summed E-state index contributed by atoms with van der Waals surface area (Å²) in [5, 5.41) is 25.9. The Balaban J connectivity index is 1.82. The minimum atomic E-state index is -1.13. The van der Waals surface area contributed by atoms with Crippen LogP contribution in [0.2, 0.25) is 0 Å². The number of nitrogens with one attached hydrogen (secondary N) is 1. The molecule has 2 aromatic carbocycles. The number of nitro groups is 1. The lowest BCUT2D eigenvalue weighted by atomic mass is 10.1. The molecule has 0 aliphatic carbocycles. The van der Waals surface area contributed by atoms with Gasteiger partial charge in [0, 0.05) is 6.07 Å². The van der Waals surface area contributed by atoms with Crippen molar-refractivity contribution in [2.45, 2.75) is 38.6 Å². The fourth-order valence-corrected chi connectivity index (χ4v) is 2.95. The molecule has 0 aliphatic rings. The van der Waals surface area contributed by atoms with Crippen LogP contribution in [0, 0.1) is 10.1 Å². The largest absolute Gasteiger partial charge is 0.374 e. The summed E-state index contributed by atoms with van der Waals surface area (Å²) in [5.41, 5.74) is 6.15. The SMILES string of the molecule is CC(C)(N)C(=O)NC(COCc1ccccc1)c1nnnn1Cc1ccccc1[N+](=O)[O-]. The highest BCUT2D eigenvalue weighted by Gasteiger charge is 2.29. The van der Waals surface area contributed by atoms with E-state index in [2.05, 4.69) is 20.8 Å². The highest BCUT2D eigenvalue weighted by Crippen LogP contribution is 2.20. The molecule has 1 amide bonds. The zero-order valence-corrected chi connectivity index (χ0v) is 17.8. The van der Waals surface area contributed by atoms with Crippen molar-refractivity contribution < 1.29 is 14.5 Å². The first-order valence-electron chi connectivity index (χ1n) is 9.95. The van der Waals surface area contributed by atoms with Crippen molar-refractivity contribution in [1.29, 1.82) is 0 Å². The molecule has 3 rings (SSSR count). The lowest BCUT2D eigenvalue weighted by Crippen LogP contribution is -2.51. The smallest absolute Gasteiger partial charge is 0.274 e. The van der Waals surface area contributed by atoms with Crippen LogP contribution in [0.5, 0.6) is 0 Å². The summed E-state index contributed by atoms with van der Waals surface area (Å²) in [6, 6.07) is 15.2. The third kappa shape index (κ3) is 5.93. The van der Waals surface area contributed by atoms with Gasteiger partial charge in [0.05, 0.1) is 35.8 Å². The normalized spacial score (nSPS) is 12.3. The zero-order chi connectivity index (χ0) is 23.1. The van der Waals surface area contributed by atoms with Crippen molar-refractivity contribution in [3.8, 4) is 0 Å². The molecule has 1 unspecified atom stereocenters. The predicted molar refractivity (Wildman–Crippen MR) is 115 cm³/mol. The standard InChI is InChI=1S/C21H25N7O4/c1-21(2,22)20(29)23-17(14-32-13-15-8-4-3-5-9-15)19-24-25-26-27(19)12-16-10-6-7-11-18(16)28(30)31/h3-11,17H,12-14,22H2,1-2H3,(H,23,29). The van der Waals surface area contributed by atoms with Gasteiger partial charge >= 0.3 is 0 Å². The number of carbonyl (C=O) groups is 1. The Bertz CT molecular complexity index is 1060. The fourth-order valence-electron chi connectivity index (χ4n) is 2.95. The van der Waals surface area contributed by atoms with E-state index in [9.17, 15) is 14.9 Å². The van der Waals surface area contributed by atoms with Gasteiger partial charge in [0.1, 0.15) is 6.04 Å². The number of aromatic nitrogens is 4. The number of para-hydroxylation sites is 1. The number of ether oxygens (including phenoxy) is 1. The number of nitro benzene ring substituents is 1. The Hall–Kier alpha value is -3.70. The van der Waals surface area contributed by atoms with Crippen LogP contribution in [0.25, 0.3) is 0 Å². The Morgan fingerprint density at radius 3 is 2.59 bits per heavy atom. The van der Waals surface area contributed by atoms with Gasteiger partial charge < -0.3 is 15.8 Å². The molecule has 0 saturated carbocycles. The highest BCUT2D eigenvalue weighted by atomic mass is 16.6. The van der Waals surface area contributed by atoms with Crippen molar-refractivity contribution in [1.82, 2.24) is 25.5 Å². The van der Waals surface area contributed by atoms with E-state index in [1.165, 1.54) is 10.7 Å². The van der Waals surface area contributed by atoms with Crippen molar-refractivity contribution in [2.24, 2.45) is 5.73 Å². The summed E-state index contributed by atoms with van der Waals surface area (Å²) in [7, 11) is 0. The monoisotopic (exact) mass is 439 g/mol. The number of carbonyl (C=O) groups excluding carboxylic acids is 1. The minimum absolute atomic E-state index is 0.0436. The molecular weight excluding hydrogens is 414 g/mol. The molecule has 0 aliphatic heterocycles. The van der Waals surface area contributed by atoms with Gasteiger partial charge in [-0.3, -0.25) is 14.9 Å². The molecule has 0 radical (unpaired) electrons. The van der Waals surface area contributed by atoms with Gasteiger partial charge in [-0.1, -0.05) is 48.5 Å². The summed E-state index contributed by atoms with van der Waals surface area (Å²) in [6.45, 7) is 3.62. The second-order valence-corrected chi connectivity index (χ2v) is 7.83. The number of nitrogens with zero attached hydrogens (tertiary/aromatic N) is 5. The van der Waals surface area contributed by atoms with Crippen molar-refractivity contribution in [3.05, 3.63) is 81.7 Å². The lowest BCUT2D eigenvalue weighted by Gasteiger charge is -2.23. The summed E-state index contributed by atoms with van der Waals surface area (Å²) in [5.74, 6) is -0.111. The van der Waals surface area contributed by atoms with Gasteiger partial charge in [-0.25, -0.2) is 4.68 Å². The number of rotatable bonds is 10. The molecule has 0 saturated heterocycles. The van der Waals surface area contributed by atoms with Crippen LogP contribution in [-0.4, -0.2) is 43.2 Å². The summed E-state index contributed by atoms with van der Waals surface area (Å²) in [4.78, 5) is 23.5. The topological polar surface area (TPSA) is 151 Å². The summed E-state index contributed by atoms with van der Waals surface area (Å²) in [6.07, 6.45) is 0. The third-order valence-corrected chi connectivity index (χ3v) is 4.67. The Morgan fingerprint density at radius 1 is 1.22 bits per heavy atom. The first-order valence-corrected chi connectivity index (χ1v) is 9.95. The van der Waals surface area contributed by atoms with Crippen LogP contribution in [0.3, 0.4) is 0 Å². The molecule has 168 valence electrons. The molecule has 0 fully saturated rings. The molecule has 1 aromatic heterocycles. The van der Waals surface area contributed by atoms with E-state index in [0.29, 0.717) is 18.0 Å². The van der Waals surface area contributed by atoms with Crippen LogP contribution in [0.4, 0.5) is 5.69 Å². The Morgan fingerprint density at radius 2 is 1.91 bits per heavy atom. The van der Waals surface area contributed by atoms with Crippen LogP contribution in [0.15, 0.2) is 54.6 Å². The van der Waals surface area contributed by atoms with Gasteiger partial charge in [-0.15, -0.1) is 5.10 Å². The summed E-state index contributed by atoms with van der Waals surface area (Å²) >= 11 is 0. The average molecular weight is 439 g/mol. The molecule has 0 bridgehead atoms. The van der Waals surface area contributed by atoms with Crippen LogP contribution in [-0.2, 0) is 22.7 Å². The van der Waals surface area contributed by atoms with E-state index in [-0.39, 0.29) is 18.8 Å². The van der Waals surface area contributed by atoms with E-state index < -0.39 is 22.4 Å². The van der Waals surface area contributed by atoms with Crippen LogP contribution in [0.1, 0.15) is 36.8 Å². The van der Waals surface area contributed by atoms with E-state index >= 15 is 0 Å². The van der Waals surface area contributed by atoms with E-state index in [4.69, 9.17) is 10.5 Å². The maximum atomic E-state index is 12.6. The van der Waals surface area contributed by atoms with E-state index in [0.717, 1.165) is 5.56 Å². The fraction of sp³-hybridized carbons (Fsp3) is 0.333. The minimum Gasteiger partial charge on any atom is -0.374 e. The molecule has 3 aromatic rings. The van der Waals surface area contributed by atoms with Gasteiger partial charge in [-0.05, 0) is 29.8 Å². The number of hydrogen-bond donors (Lipinski definition) is 2. The van der Waals surface area contributed by atoms with Gasteiger partial charge in [0.25, 0.3) is 5.69 Å². The Kier molecular flexibility index (Phi) is 7.23. The molecule has 1 heterocycles. The molecule has 32 heavy (non-hydrogen) atoms. The number of nitrogens with two attached hydrogens (primary N) is 1. The molecule has 11 heteroatoms. The van der Waals surface area contributed by atoms with Crippen molar-refractivity contribution in [3.63, 3.8) is 0 Å². The number of tetrazole rings is 1. The summed E-state index contributed by atoms with van der Waals surface area (Å²) < 4.78 is 7.22. The number of hydrogen-bond acceptors (Lipinski definition) is 8. The second-order valence-electron chi connectivity index (χ2n) is 7.83. The van der Waals surface area contributed by atoms with Gasteiger partial charge in [-0.2, -0.15) is 0 Å². The second kappa shape index (κ2) is 10.1. The average Bonchev–Trinajstić information content (AvgIpc) is 3.21. The van der Waals surface area contributed by atoms with Gasteiger partial charge in [0.2, 0.25) is 5.91 Å². The molecule has 11 nitrogen and oxygen atoms in total. The molecular formula is C21H25N7O4. The third-order valence-electron chi connectivity index (χ3n) is 4.67. The Labute approximate surface area is 184 Å². The van der Waals surface area contributed by atoms with Crippen molar-refractivity contribution >= 4 is 11.6 Å². The molecule has 0 spiro atoms. The van der Waals surface area contributed by atoms with Crippen molar-refractivity contribution in [2.75, 3.05) is 6.61 Å². The predicted octanol–water partition coefficient (Wildman–Crippen LogP) is 1.74. The number of benzene rings is 2. The first-order chi connectivity index (χ1) is 15.3. The molecule has 1 atom stereocenters. The highest BCUT2D eigenvalue weighted by molar-refractivity contribution is 5.85. The lowest BCUT2D eigenvalue weighted by molar-refractivity contribution is -0.385. The quantitative estimate of drug-likeness (QED) is 0.358. The van der Waals surface area contributed by atoms with E-state index in [1.807, 2.05) is 30.3 Å². The number of amides is 1. The van der Waals surface area contributed by atoms with E-state index in [1.54, 1.807) is 32.0 Å². The van der Waals surface area contributed by atoms with Crippen LogP contribution < -0.4 is 11.1 Å².